The lowest BCUT2D eigenvalue weighted by Gasteiger charge is -2.33. The maximum absolute atomic E-state index is 13.8. The van der Waals surface area contributed by atoms with E-state index in [2.05, 4.69) is 22.0 Å². The average molecular weight is 640 g/mol. The van der Waals surface area contributed by atoms with Crippen molar-refractivity contribution >= 4 is 28.5 Å². The predicted octanol–water partition coefficient (Wildman–Crippen LogP) is 4.78. The molecular formula is C36H45N7O4. The Morgan fingerprint density at radius 1 is 1.13 bits per heavy atom. The van der Waals surface area contributed by atoms with E-state index in [0.717, 1.165) is 72.5 Å². The fourth-order valence-electron chi connectivity index (χ4n) is 8.11. The first kappa shape index (κ1) is 30.4. The minimum atomic E-state index is -0.427. The third kappa shape index (κ3) is 5.09. The van der Waals surface area contributed by atoms with Gasteiger partial charge in [-0.05, 0) is 89.0 Å². The molecule has 7 heterocycles. The summed E-state index contributed by atoms with van der Waals surface area (Å²) in [6.07, 6.45) is 6.67. The summed E-state index contributed by atoms with van der Waals surface area (Å²) in [4.78, 5) is 39.4. The molecule has 4 aromatic rings. The third-order valence-electron chi connectivity index (χ3n) is 11.3. The molecule has 0 aromatic carbocycles. The summed E-state index contributed by atoms with van der Waals surface area (Å²) in [7, 11) is 1.63. The highest BCUT2D eigenvalue weighted by molar-refractivity contribution is 5.97. The fraction of sp³-hybridized carbons (Fsp3) is 0.556. The number of hydrogen-bond donors (Lipinski definition) is 2. The number of aryl methyl sites for hydroxylation is 1. The molecule has 4 atom stereocenters. The number of ether oxygens (including phenoxy) is 2. The quantitative estimate of drug-likeness (QED) is 0.284. The van der Waals surface area contributed by atoms with E-state index in [1.165, 1.54) is 12.8 Å². The Kier molecular flexibility index (Phi) is 7.33. The van der Waals surface area contributed by atoms with Crippen LogP contribution in [0.4, 0.5) is 0 Å². The Hall–Kier alpha value is -3.96. The van der Waals surface area contributed by atoms with Gasteiger partial charge in [-0.2, -0.15) is 0 Å². The highest BCUT2D eigenvalue weighted by Crippen LogP contribution is 2.40. The molecule has 8 rings (SSSR count). The predicted molar refractivity (Wildman–Crippen MR) is 178 cm³/mol. The summed E-state index contributed by atoms with van der Waals surface area (Å²) >= 11 is 0. The molecule has 2 bridgehead atoms. The standard InChI is InChI=1S/C36H45N7O4/c1-20(38-35(45)36(3)11-13-47-14-12-36)27-9-7-23-15-29(41(33(23)39-27)19-22-5-6-22)32-21(2)42-30(40-32)16-24(17-31(42)46-4)34(44)43-25-8-10-28(43)26(37)18-25/h7,9,15-17,20,22,25-26,28H,5-6,8,10-14,18-19,37H2,1-4H3,(H,38,45)/t20-,25+,26-,28-/m1/s1. The maximum atomic E-state index is 13.8. The van der Waals surface area contributed by atoms with Crippen molar-refractivity contribution in [2.75, 3.05) is 20.3 Å². The number of imidazole rings is 1. The lowest BCUT2D eigenvalue weighted by molar-refractivity contribution is -0.136. The average Bonchev–Trinajstić information content (AvgIpc) is 3.38. The van der Waals surface area contributed by atoms with Gasteiger partial charge in [-0.25, -0.2) is 9.97 Å². The molecule has 1 aliphatic carbocycles. The second kappa shape index (κ2) is 11.3. The van der Waals surface area contributed by atoms with Crippen molar-refractivity contribution in [3.8, 4) is 17.3 Å². The van der Waals surface area contributed by atoms with Crippen molar-refractivity contribution in [2.45, 2.75) is 96.4 Å². The summed E-state index contributed by atoms with van der Waals surface area (Å²) in [6.45, 7) is 8.15. The molecule has 3 N–H and O–H groups in total. The lowest BCUT2D eigenvalue weighted by Crippen LogP contribution is -2.43. The second-order valence-electron chi connectivity index (χ2n) is 14.5. The zero-order valence-electron chi connectivity index (χ0n) is 27.8. The SMILES string of the molecule is COc1cc(C(=O)N2[C@H]3CC[C@@H]2[C@H](N)C3)cc2nc(-c3cc4ccc([C@@H](C)NC(=O)C5(C)CCOCC5)nc4n3CC3CC3)c(C)n12. The molecule has 0 unspecified atom stereocenters. The monoisotopic (exact) mass is 639 g/mol. The zero-order chi connectivity index (χ0) is 32.6. The van der Waals surface area contributed by atoms with Gasteiger partial charge in [0.25, 0.3) is 5.91 Å². The summed E-state index contributed by atoms with van der Waals surface area (Å²) in [6, 6.07) is 10.1. The van der Waals surface area contributed by atoms with Crippen LogP contribution in [0.25, 0.3) is 28.1 Å². The van der Waals surface area contributed by atoms with Gasteiger partial charge in [-0.3, -0.25) is 14.0 Å². The number of rotatable bonds is 8. The fourth-order valence-corrected chi connectivity index (χ4v) is 8.11. The number of carbonyl (C=O) groups excluding carboxylic acids is 2. The van der Waals surface area contributed by atoms with Crippen molar-refractivity contribution in [3.63, 3.8) is 0 Å². The first-order valence-corrected chi connectivity index (χ1v) is 17.2. The summed E-state index contributed by atoms with van der Waals surface area (Å²) in [5, 5.41) is 4.26. The van der Waals surface area contributed by atoms with Crippen LogP contribution in [0.5, 0.6) is 5.88 Å². The molecule has 47 heavy (non-hydrogen) atoms. The molecule has 4 fully saturated rings. The topological polar surface area (TPSA) is 129 Å². The van der Waals surface area contributed by atoms with Gasteiger partial charge in [-0.1, -0.05) is 6.92 Å². The number of methoxy groups -OCH3 is 1. The van der Waals surface area contributed by atoms with Gasteiger partial charge >= 0.3 is 0 Å². The molecule has 248 valence electrons. The number of amides is 2. The molecule has 4 aliphatic rings. The number of nitrogens with two attached hydrogens (primary N) is 1. The van der Waals surface area contributed by atoms with Crippen LogP contribution in [0.15, 0.2) is 30.3 Å². The largest absolute Gasteiger partial charge is 0.482 e. The molecule has 3 saturated heterocycles. The number of aromatic nitrogens is 4. The number of nitrogens with one attached hydrogen (secondary N) is 1. The third-order valence-corrected chi connectivity index (χ3v) is 11.3. The van der Waals surface area contributed by atoms with Gasteiger partial charge in [0.05, 0.1) is 35.6 Å². The highest BCUT2D eigenvalue weighted by atomic mass is 16.5. The molecule has 0 radical (unpaired) electrons. The number of carbonyl (C=O) groups is 2. The van der Waals surface area contributed by atoms with Gasteiger partial charge in [0.2, 0.25) is 5.91 Å². The summed E-state index contributed by atoms with van der Waals surface area (Å²) in [5.41, 5.74) is 11.7. The minimum absolute atomic E-state index is 0.0000502. The van der Waals surface area contributed by atoms with E-state index < -0.39 is 5.41 Å². The first-order valence-electron chi connectivity index (χ1n) is 17.2. The van der Waals surface area contributed by atoms with Crippen LogP contribution in [0.3, 0.4) is 0 Å². The van der Waals surface area contributed by atoms with Crippen LogP contribution in [0.2, 0.25) is 0 Å². The van der Waals surface area contributed by atoms with Crippen LogP contribution < -0.4 is 15.8 Å². The van der Waals surface area contributed by atoms with Crippen LogP contribution in [-0.2, 0) is 16.1 Å². The summed E-state index contributed by atoms with van der Waals surface area (Å²) in [5.74, 6) is 1.22. The smallest absolute Gasteiger partial charge is 0.254 e. The van der Waals surface area contributed by atoms with Crippen molar-refractivity contribution in [3.05, 3.63) is 47.3 Å². The molecule has 4 aromatic heterocycles. The Balaban J connectivity index is 1.16. The van der Waals surface area contributed by atoms with E-state index in [1.54, 1.807) is 7.11 Å². The number of fused-ring (bicyclic) bond motifs is 4. The van der Waals surface area contributed by atoms with E-state index in [9.17, 15) is 9.59 Å². The molecule has 1 saturated carbocycles. The first-order chi connectivity index (χ1) is 22.6. The molecule has 11 heteroatoms. The Morgan fingerprint density at radius 2 is 1.91 bits per heavy atom. The van der Waals surface area contributed by atoms with Crippen molar-refractivity contribution in [1.29, 1.82) is 0 Å². The van der Waals surface area contributed by atoms with Crippen LogP contribution in [0.1, 0.15) is 86.6 Å². The number of pyridine rings is 2. The lowest BCUT2D eigenvalue weighted by atomic mass is 9.81. The number of nitrogens with zero attached hydrogens (tertiary/aromatic N) is 5. The van der Waals surface area contributed by atoms with E-state index >= 15 is 0 Å². The second-order valence-corrected chi connectivity index (χ2v) is 14.5. The number of hydrogen-bond acceptors (Lipinski definition) is 7. The van der Waals surface area contributed by atoms with Crippen molar-refractivity contribution < 1.29 is 19.1 Å². The van der Waals surface area contributed by atoms with Crippen molar-refractivity contribution in [2.24, 2.45) is 17.1 Å². The minimum Gasteiger partial charge on any atom is -0.482 e. The summed E-state index contributed by atoms with van der Waals surface area (Å²) < 4.78 is 15.6. The Morgan fingerprint density at radius 3 is 2.60 bits per heavy atom. The Bertz CT molecular complexity index is 1880. The van der Waals surface area contributed by atoms with Crippen LogP contribution in [-0.4, -0.2) is 74.1 Å². The highest BCUT2D eigenvalue weighted by Gasteiger charge is 2.47. The normalized spacial score (nSPS) is 24.3. The molecular weight excluding hydrogens is 594 g/mol. The molecule has 11 nitrogen and oxygen atoms in total. The van der Waals surface area contributed by atoms with Gasteiger partial charge in [0, 0.05) is 54.9 Å². The van der Waals surface area contributed by atoms with E-state index in [0.29, 0.717) is 36.2 Å². The molecule has 2 amide bonds. The van der Waals surface area contributed by atoms with Gasteiger partial charge in [0.15, 0.2) is 5.88 Å². The van der Waals surface area contributed by atoms with E-state index in [1.807, 2.05) is 48.3 Å². The van der Waals surface area contributed by atoms with Gasteiger partial charge in [-0.15, -0.1) is 0 Å². The van der Waals surface area contributed by atoms with E-state index in [-0.39, 0.29) is 36.0 Å². The van der Waals surface area contributed by atoms with Crippen molar-refractivity contribution in [1.82, 2.24) is 29.2 Å². The van der Waals surface area contributed by atoms with Gasteiger partial charge in [0.1, 0.15) is 17.0 Å². The maximum Gasteiger partial charge on any atom is 0.254 e. The van der Waals surface area contributed by atoms with Gasteiger partial charge < -0.3 is 30.0 Å². The molecule has 0 spiro atoms. The van der Waals surface area contributed by atoms with E-state index in [4.69, 9.17) is 25.2 Å². The van der Waals surface area contributed by atoms with Crippen LogP contribution in [0, 0.1) is 18.3 Å². The van der Waals surface area contributed by atoms with Crippen LogP contribution >= 0.6 is 0 Å². The Labute approximate surface area is 274 Å². The zero-order valence-corrected chi connectivity index (χ0v) is 27.8. The molecule has 3 aliphatic heterocycles.